The minimum atomic E-state index is -3.36. The molecule has 1 aromatic rings. The van der Waals surface area contributed by atoms with Crippen LogP contribution >= 0.6 is 0 Å². The van der Waals surface area contributed by atoms with Crippen LogP contribution < -0.4 is 11.4 Å². The van der Waals surface area contributed by atoms with E-state index in [0.717, 1.165) is 10.8 Å². The minimum absolute atomic E-state index is 0.0494. The van der Waals surface area contributed by atoms with E-state index in [0.29, 0.717) is 0 Å². The van der Waals surface area contributed by atoms with E-state index in [2.05, 4.69) is 4.98 Å². The standard InChI is InChI=1S/C9H13N3O7/c10-3-1-2-12(8(15)11-3)7-5(14)4(13)6(19-7)9(16,17)18/h1-2,4-7,13-14,16-18H,(H2,10,11,15)/t4-,5+,6-,7+/m0/s1. The molecule has 2 rings (SSSR count). The summed E-state index contributed by atoms with van der Waals surface area (Å²) in [6.45, 7) is 0. The fourth-order valence-corrected chi connectivity index (χ4v) is 1.83. The number of hydrogen-bond acceptors (Lipinski definition) is 9. The Kier molecular flexibility index (Phi) is 3.30. The van der Waals surface area contributed by atoms with E-state index in [4.69, 9.17) is 25.8 Å². The van der Waals surface area contributed by atoms with Crippen LogP contribution in [0.1, 0.15) is 6.23 Å². The summed E-state index contributed by atoms with van der Waals surface area (Å²) in [5.74, 6) is -3.41. The first-order valence-corrected chi connectivity index (χ1v) is 5.25. The molecule has 1 aliphatic heterocycles. The van der Waals surface area contributed by atoms with E-state index < -0.39 is 36.2 Å². The van der Waals surface area contributed by atoms with Crippen molar-refractivity contribution >= 4 is 5.82 Å². The highest BCUT2D eigenvalue weighted by Gasteiger charge is 2.53. The van der Waals surface area contributed by atoms with E-state index in [1.54, 1.807) is 0 Å². The van der Waals surface area contributed by atoms with Crippen molar-refractivity contribution in [3.63, 3.8) is 0 Å². The summed E-state index contributed by atoms with van der Waals surface area (Å²) in [7, 11) is 0. The fraction of sp³-hybridized carbons (Fsp3) is 0.556. The Morgan fingerprint density at radius 1 is 1.32 bits per heavy atom. The van der Waals surface area contributed by atoms with Crippen LogP contribution in [0.15, 0.2) is 17.1 Å². The van der Waals surface area contributed by atoms with E-state index in [9.17, 15) is 15.0 Å². The van der Waals surface area contributed by atoms with Crippen LogP contribution in [0, 0.1) is 0 Å². The van der Waals surface area contributed by atoms with E-state index in [1.165, 1.54) is 6.07 Å². The zero-order valence-electron chi connectivity index (χ0n) is 9.49. The Morgan fingerprint density at radius 3 is 2.42 bits per heavy atom. The molecule has 0 spiro atoms. The number of anilines is 1. The highest BCUT2D eigenvalue weighted by Crippen LogP contribution is 2.32. The maximum Gasteiger partial charge on any atom is 0.351 e. The van der Waals surface area contributed by atoms with Gasteiger partial charge in [-0.05, 0) is 6.07 Å². The third-order valence-electron chi connectivity index (χ3n) is 2.75. The van der Waals surface area contributed by atoms with Gasteiger partial charge in [0.15, 0.2) is 12.3 Å². The molecule has 0 unspecified atom stereocenters. The second-order valence-electron chi connectivity index (χ2n) is 4.16. The first kappa shape index (κ1) is 13.9. The second kappa shape index (κ2) is 4.52. The SMILES string of the molecule is Nc1ccn([C@@H]2O[C@H](C(O)(O)O)[C@@H](O)[C@H]2O)c(=O)n1. The van der Waals surface area contributed by atoms with Crippen molar-refractivity contribution < 1.29 is 30.3 Å². The molecule has 2 heterocycles. The van der Waals surface area contributed by atoms with Crippen molar-refractivity contribution in [2.45, 2.75) is 30.5 Å². The van der Waals surface area contributed by atoms with Crippen molar-refractivity contribution in [3.8, 4) is 0 Å². The summed E-state index contributed by atoms with van der Waals surface area (Å²) >= 11 is 0. The highest BCUT2D eigenvalue weighted by molar-refractivity contribution is 5.23. The molecule has 10 heteroatoms. The molecule has 7 N–H and O–H groups in total. The van der Waals surface area contributed by atoms with Crippen LogP contribution in [0.2, 0.25) is 0 Å². The normalized spacial score (nSPS) is 31.6. The first-order valence-electron chi connectivity index (χ1n) is 5.25. The lowest BCUT2D eigenvalue weighted by Crippen LogP contribution is -2.49. The third-order valence-corrected chi connectivity index (χ3v) is 2.75. The summed E-state index contributed by atoms with van der Waals surface area (Å²) in [5.41, 5.74) is 4.42. The number of hydrogen-bond donors (Lipinski definition) is 6. The van der Waals surface area contributed by atoms with Gasteiger partial charge in [-0.15, -0.1) is 0 Å². The molecule has 0 amide bonds. The Labute approximate surface area is 105 Å². The number of nitrogens with two attached hydrogens (primary N) is 1. The van der Waals surface area contributed by atoms with E-state index in [1.807, 2.05) is 0 Å². The van der Waals surface area contributed by atoms with Gasteiger partial charge in [-0.2, -0.15) is 4.98 Å². The summed E-state index contributed by atoms with van der Waals surface area (Å²) in [4.78, 5) is 14.9. The average Bonchev–Trinajstić information content (AvgIpc) is 2.56. The zero-order valence-corrected chi connectivity index (χ0v) is 9.49. The van der Waals surface area contributed by atoms with Gasteiger partial charge in [0.25, 0.3) is 0 Å². The van der Waals surface area contributed by atoms with Gasteiger partial charge < -0.3 is 36.0 Å². The zero-order chi connectivity index (χ0) is 14.4. The van der Waals surface area contributed by atoms with Gasteiger partial charge in [-0.1, -0.05) is 0 Å². The van der Waals surface area contributed by atoms with Gasteiger partial charge in [-0.3, -0.25) is 4.57 Å². The second-order valence-corrected chi connectivity index (χ2v) is 4.16. The van der Waals surface area contributed by atoms with Gasteiger partial charge in [0.05, 0.1) is 0 Å². The monoisotopic (exact) mass is 275 g/mol. The topological polar surface area (TPSA) is 171 Å². The lowest BCUT2D eigenvalue weighted by atomic mass is 10.1. The molecule has 0 aromatic carbocycles. The first-order chi connectivity index (χ1) is 8.71. The molecule has 106 valence electrons. The van der Waals surface area contributed by atoms with Gasteiger partial charge in [0.2, 0.25) is 0 Å². The van der Waals surface area contributed by atoms with Gasteiger partial charge in [0, 0.05) is 6.20 Å². The Balaban J connectivity index is 2.34. The van der Waals surface area contributed by atoms with Crippen LogP contribution in [0.25, 0.3) is 0 Å². The van der Waals surface area contributed by atoms with Crippen LogP contribution in [-0.2, 0) is 4.74 Å². The van der Waals surface area contributed by atoms with Crippen molar-refractivity contribution in [3.05, 3.63) is 22.7 Å². The molecular formula is C9H13N3O7. The molecule has 0 aliphatic carbocycles. The third kappa shape index (κ3) is 2.45. The number of aromatic nitrogens is 2. The smallest absolute Gasteiger partial charge is 0.351 e. The maximum atomic E-state index is 11.5. The molecule has 0 bridgehead atoms. The lowest BCUT2D eigenvalue weighted by Gasteiger charge is -2.23. The maximum absolute atomic E-state index is 11.5. The molecule has 0 saturated carbocycles. The molecule has 10 nitrogen and oxygen atoms in total. The molecule has 19 heavy (non-hydrogen) atoms. The lowest BCUT2D eigenvalue weighted by molar-refractivity contribution is -0.368. The van der Waals surface area contributed by atoms with Gasteiger partial charge >= 0.3 is 11.7 Å². The van der Waals surface area contributed by atoms with Crippen molar-refractivity contribution in [1.82, 2.24) is 9.55 Å². The van der Waals surface area contributed by atoms with E-state index in [-0.39, 0.29) is 5.82 Å². The molecule has 1 saturated heterocycles. The quantitative estimate of drug-likeness (QED) is 0.295. The Morgan fingerprint density at radius 2 is 1.95 bits per heavy atom. The highest BCUT2D eigenvalue weighted by atomic mass is 16.7. The van der Waals surface area contributed by atoms with Crippen LogP contribution in [0.3, 0.4) is 0 Å². The number of rotatable bonds is 2. The predicted octanol–water partition coefficient (Wildman–Crippen LogP) is -3.92. The van der Waals surface area contributed by atoms with Gasteiger partial charge in [0.1, 0.15) is 18.0 Å². The number of aliphatic hydroxyl groups is 5. The largest absolute Gasteiger partial charge is 0.387 e. The molecule has 1 fully saturated rings. The summed E-state index contributed by atoms with van der Waals surface area (Å²) in [6, 6.07) is 1.25. The molecule has 1 aromatic heterocycles. The predicted molar refractivity (Wildman–Crippen MR) is 58.2 cm³/mol. The summed E-state index contributed by atoms with van der Waals surface area (Å²) < 4.78 is 5.69. The summed E-state index contributed by atoms with van der Waals surface area (Å²) in [5, 5.41) is 46.2. The molecule has 1 aliphatic rings. The Bertz CT molecular complexity index is 525. The Hall–Kier alpha value is -1.56. The molecule has 4 atom stereocenters. The fourth-order valence-electron chi connectivity index (χ4n) is 1.83. The van der Waals surface area contributed by atoms with Crippen LogP contribution in [0.4, 0.5) is 5.82 Å². The number of aliphatic hydroxyl groups excluding tert-OH is 2. The van der Waals surface area contributed by atoms with Crippen LogP contribution in [-0.4, -0.2) is 59.4 Å². The van der Waals surface area contributed by atoms with Crippen LogP contribution in [0.5, 0.6) is 0 Å². The number of nitrogen functional groups attached to an aromatic ring is 1. The van der Waals surface area contributed by atoms with Crippen molar-refractivity contribution in [2.75, 3.05) is 5.73 Å². The average molecular weight is 275 g/mol. The van der Waals surface area contributed by atoms with E-state index >= 15 is 0 Å². The van der Waals surface area contributed by atoms with Gasteiger partial charge in [-0.25, -0.2) is 4.79 Å². The number of ether oxygens (including phenoxy) is 1. The number of nitrogens with zero attached hydrogens (tertiary/aromatic N) is 2. The van der Waals surface area contributed by atoms with Crippen molar-refractivity contribution in [1.29, 1.82) is 0 Å². The molecular weight excluding hydrogens is 262 g/mol. The molecule has 0 radical (unpaired) electrons. The van der Waals surface area contributed by atoms with Crippen molar-refractivity contribution in [2.24, 2.45) is 0 Å². The minimum Gasteiger partial charge on any atom is -0.387 e. The summed E-state index contributed by atoms with van der Waals surface area (Å²) in [6.07, 6.45) is -5.67.